The molecule has 0 aliphatic rings. The van der Waals surface area contributed by atoms with Crippen molar-refractivity contribution in [3.8, 4) is 0 Å². The molecule has 20 heavy (non-hydrogen) atoms. The van der Waals surface area contributed by atoms with Gasteiger partial charge in [0.1, 0.15) is 6.04 Å². The molecule has 0 spiro atoms. The van der Waals surface area contributed by atoms with Gasteiger partial charge in [0, 0.05) is 11.3 Å². The van der Waals surface area contributed by atoms with Gasteiger partial charge in [0.05, 0.1) is 0 Å². The zero-order valence-electron chi connectivity index (χ0n) is 11.2. The van der Waals surface area contributed by atoms with Gasteiger partial charge >= 0.3 is 0 Å². The highest BCUT2D eigenvalue weighted by Crippen LogP contribution is 2.06. The maximum atomic E-state index is 12.0. The Labute approximate surface area is 117 Å². The normalized spacial score (nSPS) is 11.4. The molecular weight excluding hydrogens is 252 g/mol. The Hall–Kier alpha value is -2.62. The van der Waals surface area contributed by atoms with Crippen LogP contribution in [0.5, 0.6) is 0 Å². The first-order valence-electron chi connectivity index (χ1n) is 6.38. The third-order valence-corrected chi connectivity index (χ3v) is 2.82. The standard InChI is InChI=1S/C16H16N2O2/c1-12(15(19)18-14-10-6-3-7-11-14)17-16(20)13-8-4-2-5-9-13/h2-12H,1H3,(H,17,20)(H,18,19)/t12-/m0/s1. The fraction of sp³-hybridized carbons (Fsp3) is 0.125. The highest BCUT2D eigenvalue weighted by atomic mass is 16.2. The van der Waals surface area contributed by atoms with Crippen LogP contribution in [0.3, 0.4) is 0 Å². The molecule has 2 amide bonds. The number of para-hydroxylation sites is 1. The Morgan fingerprint density at radius 3 is 2.05 bits per heavy atom. The lowest BCUT2D eigenvalue weighted by Crippen LogP contribution is -2.41. The van der Waals surface area contributed by atoms with Crippen LogP contribution in [0.4, 0.5) is 5.69 Å². The summed E-state index contributed by atoms with van der Waals surface area (Å²) in [5, 5.41) is 5.41. The Bertz CT molecular complexity index is 582. The van der Waals surface area contributed by atoms with Gasteiger partial charge < -0.3 is 10.6 Å². The Morgan fingerprint density at radius 1 is 0.900 bits per heavy atom. The summed E-state index contributed by atoms with van der Waals surface area (Å²) < 4.78 is 0. The summed E-state index contributed by atoms with van der Waals surface area (Å²) in [5.74, 6) is -0.512. The number of rotatable bonds is 4. The lowest BCUT2D eigenvalue weighted by molar-refractivity contribution is -0.117. The molecule has 102 valence electrons. The van der Waals surface area contributed by atoms with Gasteiger partial charge in [0.25, 0.3) is 5.91 Å². The summed E-state index contributed by atoms with van der Waals surface area (Å²) >= 11 is 0. The monoisotopic (exact) mass is 268 g/mol. The molecule has 4 heteroatoms. The van der Waals surface area contributed by atoms with Crippen LogP contribution >= 0.6 is 0 Å². The highest BCUT2D eigenvalue weighted by molar-refractivity contribution is 6.00. The second-order valence-corrected chi connectivity index (χ2v) is 4.42. The van der Waals surface area contributed by atoms with Gasteiger partial charge in [-0.05, 0) is 31.2 Å². The van der Waals surface area contributed by atoms with Crippen molar-refractivity contribution >= 4 is 17.5 Å². The van der Waals surface area contributed by atoms with Crippen LogP contribution in [0.1, 0.15) is 17.3 Å². The Kier molecular flexibility index (Phi) is 4.50. The summed E-state index contributed by atoms with van der Waals surface area (Å²) in [6.45, 7) is 1.65. The largest absolute Gasteiger partial charge is 0.341 e. The Balaban J connectivity index is 1.93. The second kappa shape index (κ2) is 6.52. The van der Waals surface area contributed by atoms with Crippen LogP contribution in [0.25, 0.3) is 0 Å². The maximum absolute atomic E-state index is 12.0. The first-order valence-corrected chi connectivity index (χ1v) is 6.38. The number of anilines is 1. The maximum Gasteiger partial charge on any atom is 0.251 e. The quantitative estimate of drug-likeness (QED) is 0.894. The summed E-state index contributed by atoms with van der Waals surface area (Å²) in [6.07, 6.45) is 0. The van der Waals surface area contributed by atoms with E-state index in [0.717, 1.165) is 0 Å². The predicted molar refractivity (Wildman–Crippen MR) is 78.4 cm³/mol. The summed E-state index contributed by atoms with van der Waals surface area (Å²) in [6, 6.07) is 17.3. The number of carbonyl (C=O) groups is 2. The fourth-order valence-electron chi connectivity index (χ4n) is 1.71. The molecule has 2 rings (SSSR count). The Morgan fingerprint density at radius 2 is 1.45 bits per heavy atom. The minimum absolute atomic E-state index is 0.250. The van der Waals surface area contributed by atoms with E-state index < -0.39 is 6.04 Å². The van der Waals surface area contributed by atoms with Crippen LogP contribution < -0.4 is 10.6 Å². The molecule has 0 aliphatic carbocycles. The van der Waals surface area contributed by atoms with E-state index in [-0.39, 0.29) is 11.8 Å². The van der Waals surface area contributed by atoms with Gasteiger partial charge in [0.2, 0.25) is 5.91 Å². The molecule has 4 nitrogen and oxygen atoms in total. The molecule has 0 heterocycles. The van der Waals surface area contributed by atoms with Crippen molar-refractivity contribution in [1.82, 2.24) is 5.32 Å². The lowest BCUT2D eigenvalue weighted by Gasteiger charge is -2.14. The topological polar surface area (TPSA) is 58.2 Å². The van der Waals surface area contributed by atoms with Crippen molar-refractivity contribution in [3.05, 3.63) is 66.2 Å². The van der Waals surface area contributed by atoms with Gasteiger partial charge in [0.15, 0.2) is 0 Å². The van der Waals surface area contributed by atoms with Gasteiger partial charge in [-0.3, -0.25) is 9.59 Å². The molecule has 0 bridgehead atoms. The van der Waals surface area contributed by atoms with Crippen molar-refractivity contribution in [2.45, 2.75) is 13.0 Å². The smallest absolute Gasteiger partial charge is 0.251 e. The highest BCUT2D eigenvalue weighted by Gasteiger charge is 2.16. The van der Waals surface area contributed by atoms with Crippen molar-refractivity contribution in [3.63, 3.8) is 0 Å². The molecule has 2 aromatic carbocycles. The molecule has 0 aromatic heterocycles. The van der Waals surface area contributed by atoms with E-state index in [1.807, 2.05) is 24.3 Å². The number of hydrogen-bond acceptors (Lipinski definition) is 2. The molecule has 2 N–H and O–H groups in total. The zero-order chi connectivity index (χ0) is 14.4. The number of hydrogen-bond donors (Lipinski definition) is 2. The minimum atomic E-state index is -0.608. The van der Waals surface area contributed by atoms with Gasteiger partial charge in [-0.1, -0.05) is 36.4 Å². The van der Waals surface area contributed by atoms with E-state index in [2.05, 4.69) is 10.6 Å². The molecule has 0 radical (unpaired) electrons. The van der Waals surface area contributed by atoms with Crippen molar-refractivity contribution in [1.29, 1.82) is 0 Å². The van der Waals surface area contributed by atoms with Crippen LogP contribution in [0.2, 0.25) is 0 Å². The second-order valence-electron chi connectivity index (χ2n) is 4.42. The molecule has 0 saturated carbocycles. The first kappa shape index (κ1) is 13.8. The van der Waals surface area contributed by atoms with Crippen molar-refractivity contribution in [2.75, 3.05) is 5.32 Å². The average molecular weight is 268 g/mol. The number of amides is 2. The SMILES string of the molecule is C[C@H](NC(=O)c1ccccc1)C(=O)Nc1ccccc1. The van der Waals surface area contributed by atoms with E-state index in [0.29, 0.717) is 11.3 Å². The number of benzene rings is 2. The van der Waals surface area contributed by atoms with E-state index in [1.54, 1.807) is 43.3 Å². The molecule has 0 fully saturated rings. The summed E-state index contributed by atoms with van der Waals surface area (Å²) in [7, 11) is 0. The van der Waals surface area contributed by atoms with E-state index in [9.17, 15) is 9.59 Å². The molecule has 1 atom stereocenters. The molecule has 2 aromatic rings. The fourth-order valence-corrected chi connectivity index (χ4v) is 1.71. The molecular formula is C16H16N2O2. The third kappa shape index (κ3) is 3.68. The predicted octanol–water partition coefficient (Wildman–Crippen LogP) is 2.44. The van der Waals surface area contributed by atoms with E-state index in [1.165, 1.54) is 0 Å². The summed E-state index contributed by atoms with van der Waals surface area (Å²) in [5.41, 5.74) is 1.24. The zero-order valence-corrected chi connectivity index (χ0v) is 11.2. The first-order chi connectivity index (χ1) is 9.66. The molecule has 0 saturated heterocycles. The number of carbonyl (C=O) groups excluding carboxylic acids is 2. The summed E-state index contributed by atoms with van der Waals surface area (Å²) in [4.78, 5) is 23.9. The van der Waals surface area contributed by atoms with Gasteiger partial charge in [-0.25, -0.2) is 0 Å². The molecule has 0 unspecified atom stereocenters. The van der Waals surface area contributed by atoms with Gasteiger partial charge in [-0.2, -0.15) is 0 Å². The lowest BCUT2D eigenvalue weighted by atomic mass is 10.2. The van der Waals surface area contributed by atoms with Crippen LogP contribution in [-0.2, 0) is 4.79 Å². The van der Waals surface area contributed by atoms with Crippen LogP contribution in [-0.4, -0.2) is 17.9 Å². The van der Waals surface area contributed by atoms with Crippen LogP contribution in [0, 0.1) is 0 Å². The van der Waals surface area contributed by atoms with Crippen molar-refractivity contribution in [2.24, 2.45) is 0 Å². The van der Waals surface area contributed by atoms with E-state index in [4.69, 9.17) is 0 Å². The average Bonchev–Trinajstić information content (AvgIpc) is 2.49. The van der Waals surface area contributed by atoms with Gasteiger partial charge in [-0.15, -0.1) is 0 Å². The molecule has 0 aliphatic heterocycles. The van der Waals surface area contributed by atoms with Crippen LogP contribution in [0.15, 0.2) is 60.7 Å². The number of nitrogens with one attached hydrogen (secondary N) is 2. The van der Waals surface area contributed by atoms with Crippen molar-refractivity contribution < 1.29 is 9.59 Å². The minimum Gasteiger partial charge on any atom is -0.341 e. The van der Waals surface area contributed by atoms with E-state index >= 15 is 0 Å². The third-order valence-electron chi connectivity index (χ3n) is 2.82.